The number of carboxylic acids is 3. The normalized spacial score (nSPS) is 29.1. The summed E-state index contributed by atoms with van der Waals surface area (Å²) < 4.78 is 0. The van der Waals surface area contributed by atoms with Crippen LogP contribution in [0.15, 0.2) is 0 Å². The SMILES string of the molecule is CC1NC(=O)[C@@H]2CCCCNC(=O)CC[C@H](NC(=O)[C@H](CO)NC(=O)[C@H](CC(=O)O)NC(=O)[C@@H]3CCCN3C1=O)C(=O)NCC(=O)N[C@@H](C)C(=O)N1CCC[C@H]1C(=O)N[C@@H](CC(=O)O)C(=O)N[C@@H](CCC(=O)O)C(=O)N2. The molecule has 76 heavy (non-hydrogen) atoms. The van der Waals surface area contributed by atoms with Crippen molar-refractivity contribution in [2.75, 3.05) is 32.8 Å². The smallest absolute Gasteiger partial charge is 0.305 e. The fourth-order valence-electron chi connectivity index (χ4n) is 8.85. The summed E-state index contributed by atoms with van der Waals surface area (Å²) in [5.41, 5.74) is 0. The lowest BCUT2D eigenvalue weighted by atomic mass is 10.0. The Morgan fingerprint density at radius 3 is 1.46 bits per heavy atom. The molecule has 4 saturated heterocycles. The van der Waals surface area contributed by atoms with E-state index in [0.717, 1.165) is 9.80 Å². The van der Waals surface area contributed by atoms with E-state index in [1.165, 1.54) is 13.8 Å². The maximum Gasteiger partial charge on any atom is 0.305 e. The van der Waals surface area contributed by atoms with Crippen molar-refractivity contribution in [1.82, 2.24) is 63.0 Å². The minimum atomic E-state index is -1.93. The molecule has 31 heteroatoms. The summed E-state index contributed by atoms with van der Waals surface area (Å²) in [6.07, 6.45) is -4.10. The number of carboxylic acid groups (broad SMARTS) is 3. The number of hydrogen-bond donors (Lipinski definition) is 14. The molecule has 31 nitrogen and oxygen atoms in total. The van der Waals surface area contributed by atoms with Crippen molar-refractivity contribution in [3.63, 3.8) is 0 Å². The van der Waals surface area contributed by atoms with E-state index < -0.39 is 201 Å². The second-order valence-electron chi connectivity index (χ2n) is 18.7. The average molecular weight is 1080 g/mol. The van der Waals surface area contributed by atoms with Gasteiger partial charge in [0, 0.05) is 32.5 Å². The minimum absolute atomic E-state index is 0.00170. The Hall–Kier alpha value is -7.99. The Kier molecular flexibility index (Phi) is 22.8. The zero-order valence-electron chi connectivity index (χ0n) is 41.8. The number of nitrogens with zero attached hydrogens (tertiary/aromatic N) is 2. The molecule has 0 radical (unpaired) electrons. The second kappa shape index (κ2) is 28.6. The first kappa shape index (κ1) is 60.6. The largest absolute Gasteiger partial charge is 0.481 e. The summed E-state index contributed by atoms with van der Waals surface area (Å²) in [5.74, 6) is -17.0. The van der Waals surface area contributed by atoms with Gasteiger partial charge in [-0.25, -0.2) is 0 Å². The summed E-state index contributed by atoms with van der Waals surface area (Å²) in [5, 5.41) is 62.5. The van der Waals surface area contributed by atoms with Gasteiger partial charge in [0.25, 0.3) is 0 Å². The third kappa shape index (κ3) is 17.9. The molecule has 420 valence electrons. The van der Waals surface area contributed by atoms with Gasteiger partial charge in [0.15, 0.2) is 0 Å². The molecule has 0 aromatic rings. The molecule has 4 aliphatic rings. The highest BCUT2D eigenvalue weighted by atomic mass is 16.4. The number of fused-ring (bicyclic) bond motifs is 11. The van der Waals surface area contributed by atoms with Gasteiger partial charge < -0.3 is 83.4 Å². The third-order valence-corrected chi connectivity index (χ3v) is 12.9. The number of carbonyl (C=O) groups is 15. The highest BCUT2D eigenvalue weighted by Crippen LogP contribution is 2.21. The standard InChI is InChI=1S/C45H66N12O19/c1-21-44(75)56-15-5-8-29(56)42(73)53-26(17-34(63)64)39(70)52-25(11-13-33(61)62)38(69)50-23-7-3-4-14-46-31(59)12-10-24(36(67)47-19-32(60)48-21)51-41(72)28(20-58)55-40(71)27(18-35(65)66)54-43(74)30-9-6-16-57(30)45(76)22(2)49-37(23)68/h21-30,58H,3-20H2,1-2H3,(H,46,59)(H,47,67)(H,48,60)(H,49,68)(H,50,69)(H,51,72)(H,52,70)(H,53,73)(H,54,74)(H,55,71)(H,61,62)(H,63,64)(H,65,66)/t21-,22?,23-,24-,25-,26-,27-,28-,29-,30-/m0/s1. The van der Waals surface area contributed by atoms with Gasteiger partial charge in [-0.1, -0.05) is 0 Å². The Morgan fingerprint density at radius 2 is 0.947 bits per heavy atom. The van der Waals surface area contributed by atoms with Crippen molar-refractivity contribution in [3.05, 3.63) is 0 Å². The Labute approximate surface area is 433 Å². The van der Waals surface area contributed by atoms with Gasteiger partial charge >= 0.3 is 17.9 Å². The summed E-state index contributed by atoms with van der Waals surface area (Å²) in [6.45, 7) is 0.328. The van der Waals surface area contributed by atoms with Crippen molar-refractivity contribution >= 4 is 88.8 Å². The Bertz CT molecular complexity index is 2280. The maximum atomic E-state index is 14.1. The number of rotatable bonds is 8. The van der Waals surface area contributed by atoms with E-state index in [9.17, 15) is 92.3 Å². The molecule has 0 aromatic carbocycles. The highest BCUT2D eigenvalue weighted by molar-refractivity contribution is 6.00. The lowest BCUT2D eigenvalue weighted by Gasteiger charge is -2.30. The molecular weight excluding hydrogens is 1010 g/mol. The van der Waals surface area contributed by atoms with E-state index in [0.29, 0.717) is 0 Å². The molecule has 4 heterocycles. The lowest BCUT2D eigenvalue weighted by Crippen LogP contribution is -2.60. The van der Waals surface area contributed by atoms with E-state index in [1.54, 1.807) is 0 Å². The Balaban J connectivity index is 1.80. The van der Waals surface area contributed by atoms with Crippen LogP contribution in [0.2, 0.25) is 0 Å². The molecule has 0 aromatic heterocycles. The predicted molar refractivity (Wildman–Crippen MR) is 254 cm³/mol. The Morgan fingerprint density at radius 1 is 0.474 bits per heavy atom. The number of hydrogen-bond acceptors (Lipinski definition) is 16. The molecule has 4 fully saturated rings. The van der Waals surface area contributed by atoms with Crippen LogP contribution in [0, 0.1) is 0 Å². The average Bonchev–Trinajstić information content (AvgIpc) is 4.06. The van der Waals surface area contributed by atoms with Crippen LogP contribution in [0.4, 0.5) is 0 Å². The number of aliphatic hydroxyl groups excluding tert-OH is 1. The lowest BCUT2D eigenvalue weighted by molar-refractivity contribution is -0.144. The van der Waals surface area contributed by atoms with Crippen LogP contribution >= 0.6 is 0 Å². The summed E-state index contributed by atoms with van der Waals surface area (Å²) in [6, 6.07) is -16.3. The first-order valence-electron chi connectivity index (χ1n) is 24.7. The molecule has 0 saturated carbocycles. The molecule has 4 aliphatic heterocycles. The van der Waals surface area contributed by atoms with E-state index >= 15 is 0 Å². The number of carbonyl (C=O) groups excluding carboxylic acids is 12. The van der Waals surface area contributed by atoms with Gasteiger partial charge in [0.1, 0.15) is 60.4 Å². The molecule has 14 N–H and O–H groups in total. The molecule has 0 aliphatic carbocycles. The van der Waals surface area contributed by atoms with Crippen LogP contribution in [0.5, 0.6) is 0 Å². The van der Waals surface area contributed by atoms with Gasteiger partial charge in [0.05, 0.1) is 26.0 Å². The molecule has 10 atom stereocenters. The van der Waals surface area contributed by atoms with Crippen LogP contribution < -0.4 is 53.2 Å². The van der Waals surface area contributed by atoms with Crippen molar-refractivity contribution in [2.45, 2.75) is 158 Å². The van der Waals surface area contributed by atoms with E-state index in [4.69, 9.17) is 0 Å². The maximum absolute atomic E-state index is 14.1. The summed E-state index contributed by atoms with van der Waals surface area (Å²) in [4.78, 5) is 202. The van der Waals surface area contributed by atoms with E-state index in [1.807, 2.05) is 0 Å². The van der Waals surface area contributed by atoms with Gasteiger partial charge in [-0.05, 0) is 71.6 Å². The molecular formula is C45H66N12O19. The van der Waals surface area contributed by atoms with E-state index in [-0.39, 0.29) is 64.6 Å². The van der Waals surface area contributed by atoms with Crippen molar-refractivity contribution in [3.8, 4) is 0 Å². The third-order valence-electron chi connectivity index (χ3n) is 12.9. The second-order valence-corrected chi connectivity index (χ2v) is 18.7. The van der Waals surface area contributed by atoms with Crippen molar-refractivity contribution < 1.29 is 92.3 Å². The van der Waals surface area contributed by atoms with Crippen LogP contribution in [-0.2, 0) is 71.9 Å². The fourth-order valence-corrected chi connectivity index (χ4v) is 8.85. The fraction of sp³-hybridized carbons (Fsp3) is 0.667. The van der Waals surface area contributed by atoms with Crippen LogP contribution in [0.25, 0.3) is 0 Å². The molecule has 2 bridgehead atoms. The first-order valence-corrected chi connectivity index (χ1v) is 24.7. The quantitative estimate of drug-likeness (QED) is 0.107. The molecule has 1 unspecified atom stereocenters. The van der Waals surface area contributed by atoms with Crippen LogP contribution in [0.1, 0.15) is 97.3 Å². The van der Waals surface area contributed by atoms with Crippen molar-refractivity contribution in [1.29, 1.82) is 0 Å². The summed E-state index contributed by atoms with van der Waals surface area (Å²) >= 11 is 0. The van der Waals surface area contributed by atoms with Gasteiger partial charge in [0.2, 0.25) is 70.9 Å². The zero-order valence-corrected chi connectivity index (χ0v) is 41.8. The zero-order chi connectivity index (χ0) is 56.4. The molecule has 12 amide bonds. The van der Waals surface area contributed by atoms with Gasteiger partial charge in [-0.3, -0.25) is 71.9 Å². The van der Waals surface area contributed by atoms with Crippen LogP contribution in [0.3, 0.4) is 0 Å². The highest BCUT2D eigenvalue weighted by Gasteiger charge is 2.42. The minimum Gasteiger partial charge on any atom is -0.481 e. The summed E-state index contributed by atoms with van der Waals surface area (Å²) in [7, 11) is 0. The van der Waals surface area contributed by atoms with E-state index in [2.05, 4.69) is 53.2 Å². The number of nitrogens with one attached hydrogen (secondary N) is 10. The predicted octanol–water partition coefficient (Wildman–Crippen LogP) is -7.10. The monoisotopic (exact) mass is 1080 g/mol. The topological polar surface area (TPSA) is 464 Å². The number of aliphatic hydroxyl groups is 1. The van der Waals surface area contributed by atoms with Crippen molar-refractivity contribution in [2.24, 2.45) is 0 Å². The van der Waals surface area contributed by atoms with Gasteiger partial charge in [-0.15, -0.1) is 0 Å². The van der Waals surface area contributed by atoms with Gasteiger partial charge in [-0.2, -0.15) is 0 Å². The first-order chi connectivity index (χ1) is 35.9. The molecule has 4 rings (SSSR count). The molecule has 0 spiro atoms. The van der Waals surface area contributed by atoms with Crippen LogP contribution in [-0.4, -0.2) is 212 Å². The number of aliphatic carboxylic acids is 3. The number of amides is 12.